The van der Waals surface area contributed by atoms with Crippen molar-refractivity contribution in [3.63, 3.8) is 0 Å². The van der Waals surface area contributed by atoms with Crippen molar-refractivity contribution in [2.45, 2.75) is 19.4 Å². The lowest BCUT2D eigenvalue weighted by atomic mass is 10.1. The zero-order chi connectivity index (χ0) is 17.2. The lowest BCUT2D eigenvalue weighted by Gasteiger charge is -2.23. The van der Waals surface area contributed by atoms with E-state index in [2.05, 4.69) is 18.5 Å². The van der Waals surface area contributed by atoms with E-state index in [9.17, 15) is 9.59 Å². The highest BCUT2D eigenvalue weighted by atomic mass is 16.5. The zero-order valence-electron chi connectivity index (χ0n) is 13.7. The Bertz CT molecular complexity index is 542. The average Bonchev–Trinajstić information content (AvgIpc) is 2.54. The molecule has 124 valence electrons. The first-order valence-electron chi connectivity index (χ1n) is 7.44. The van der Waals surface area contributed by atoms with Gasteiger partial charge in [0.1, 0.15) is 11.8 Å². The Kier molecular flexibility index (Phi) is 7.60. The number of nitrogens with one attached hydrogen (secondary N) is 1. The van der Waals surface area contributed by atoms with Crippen LogP contribution in [0.2, 0.25) is 0 Å². The number of nitrogens with zero attached hydrogens (tertiary/aromatic N) is 1. The molecule has 0 radical (unpaired) electrons. The Balaban J connectivity index is 2.58. The van der Waals surface area contributed by atoms with Gasteiger partial charge in [-0.05, 0) is 24.6 Å². The SMILES string of the molecule is C=CCN(CC=C)C(=O)C(C)NC(=O)Cc1ccc(OC)cc1. The van der Waals surface area contributed by atoms with E-state index in [1.54, 1.807) is 43.2 Å². The minimum Gasteiger partial charge on any atom is -0.497 e. The number of methoxy groups -OCH3 is 1. The summed E-state index contributed by atoms with van der Waals surface area (Å²) >= 11 is 0. The molecule has 0 aliphatic heterocycles. The van der Waals surface area contributed by atoms with Gasteiger partial charge in [0.15, 0.2) is 0 Å². The number of rotatable bonds is 9. The van der Waals surface area contributed by atoms with Crippen molar-refractivity contribution < 1.29 is 14.3 Å². The molecule has 0 heterocycles. The number of amides is 2. The molecule has 5 heteroatoms. The monoisotopic (exact) mass is 316 g/mol. The van der Waals surface area contributed by atoms with E-state index in [4.69, 9.17) is 4.74 Å². The fourth-order valence-electron chi connectivity index (χ4n) is 2.12. The topological polar surface area (TPSA) is 58.6 Å². The summed E-state index contributed by atoms with van der Waals surface area (Å²) in [6.45, 7) is 9.77. The molecule has 5 nitrogen and oxygen atoms in total. The minimum atomic E-state index is -0.597. The second-order valence-electron chi connectivity index (χ2n) is 5.13. The number of ether oxygens (including phenoxy) is 1. The van der Waals surface area contributed by atoms with Crippen molar-refractivity contribution in [2.75, 3.05) is 20.2 Å². The molecule has 0 aliphatic carbocycles. The zero-order valence-corrected chi connectivity index (χ0v) is 13.7. The normalized spacial score (nSPS) is 11.2. The third kappa shape index (κ3) is 5.98. The van der Waals surface area contributed by atoms with Crippen LogP contribution < -0.4 is 10.1 Å². The van der Waals surface area contributed by atoms with Gasteiger partial charge >= 0.3 is 0 Å². The smallest absolute Gasteiger partial charge is 0.245 e. The van der Waals surface area contributed by atoms with Gasteiger partial charge in [0, 0.05) is 13.1 Å². The highest BCUT2D eigenvalue weighted by molar-refractivity contribution is 5.88. The summed E-state index contributed by atoms with van der Waals surface area (Å²) in [7, 11) is 1.59. The molecule has 0 spiro atoms. The van der Waals surface area contributed by atoms with Crippen LogP contribution in [0, 0.1) is 0 Å². The fourth-order valence-corrected chi connectivity index (χ4v) is 2.12. The van der Waals surface area contributed by atoms with Crippen LogP contribution in [-0.2, 0) is 16.0 Å². The Labute approximate surface area is 137 Å². The number of carbonyl (C=O) groups excluding carboxylic acids is 2. The maximum Gasteiger partial charge on any atom is 0.245 e. The summed E-state index contributed by atoms with van der Waals surface area (Å²) in [5, 5.41) is 2.72. The molecule has 0 aliphatic rings. The first kappa shape index (κ1) is 18.5. The Morgan fingerprint density at radius 1 is 1.22 bits per heavy atom. The third-order valence-corrected chi connectivity index (χ3v) is 3.28. The third-order valence-electron chi connectivity index (χ3n) is 3.28. The molecule has 0 saturated heterocycles. The summed E-state index contributed by atoms with van der Waals surface area (Å²) in [6, 6.07) is 6.65. The Morgan fingerprint density at radius 3 is 2.26 bits per heavy atom. The van der Waals surface area contributed by atoms with E-state index in [0.29, 0.717) is 13.1 Å². The van der Waals surface area contributed by atoms with Crippen molar-refractivity contribution in [2.24, 2.45) is 0 Å². The lowest BCUT2D eigenvalue weighted by molar-refractivity contribution is -0.135. The molecule has 1 aromatic carbocycles. The van der Waals surface area contributed by atoms with E-state index >= 15 is 0 Å². The predicted octanol–water partition coefficient (Wildman–Crippen LogP) is 1.94. The minimum absolute atomic E-state index is 0.159. The maximum atomic E-state index is 12.3. The van der Waals surface area contributed by atoms with Gasteiger partial charge in [0.25, 0.3) is 0 Å². The van der Waals surface area contributed by atoms with E-state index in [-0.39, 0.29) is 18.2 Å². The molecular weight excluding hydrogens is 292 g/mol. The van der Waals surface area contributed by atoms with E-state index in [1.807, 2.05) is 12.1 Å². The number of hydrogen-bond acceptors (Lipinski definition) is 3. The Hall–Kier alpha value is -2.56. The predicted molar refractivity (Wildman–Crippen MR) is 91.3 cm³/mol. The van der Waals surface area contributed by atoms with Gasteiger partial charge in [-0.25, -0.2) is 0 Å². The number of carbonyl (C=O) groups is 2. The summed E-state index contributed by atoms with van der Waals surface area (Å²) in [4.78, 5) is 25.9. The fraction of sp³-hybridized carbons (Fsp3) is 0.333. The van der Waals surface area contributed by atoms with Gasteiger partial charge in [0.05, 0.1) is 13.5 Å². The van der Waals surface area contributed by atoms with Crippen LogP contribution in [0.4, 0.5) is 0 Å². The van der Waals surface area contributed by atoms with Crippen LogP contribution in [-0.4, -0.2) is 43.0 Å². The molecule has 1 rings (SSSR count). The molecular formula is C18H24N2O3. The molecule has 1 atom stereocenters. The van der Waals surface area contributed by atoms with Gasteiger partial charge in [0.2, 0.25) is 11.8 Å². The van der Waals surface area contributed by atoms with Crippen LogP contribution in [0.3, 0.4) is 0 Å². The molecule has 0 saturated carbocycles. The van der Waals surface area contributed by atoms with E-state index < -0.39 is 6.04 Å². The van der Waals surface area contributed by atoms with Crippen LogP contribution in [0.15, 0.2) is 49.6 Å². The molecule has 0 aromatic heterocycles. The molecule has 23 heavy (non-hydrogen) atoms. The van der Waals surface area contributed by atoms with Gasteiger partial charge in [-0.3, -0.25) is 9.59 Å². The maximum absolute atomic E-state index is 12.3. The Morgan fingerprint density at radius 2 is 1.78 bits per heavy atom. The molecule has 1 aromatic rings. The second-order valence-corrected chi connectivity index (χ2v) is 5.13. The summed E-state index contributed by atoms with van der Waals surface area (Å²) in [5.74, 6) is 0.378. The van der Waals surface area contributed by atoms with Gasteiger partial charge in [-0.1, -0.05) is 24.3 Å². The first-order valence-corrected chi connectivity index (χ1v) is 7.44. The second kappa shape index (κ2) is 9.46. The first-order chi connectivity index (χ1) is 11.0. The van der Waals surface area contributed by atoms with Crippen LogP contribution >= 0.6 is 0 Å². The summed E-state index contributed by atoms with van der Waals surface area (Å²) in [6.07, 6.45) is 3.51. The molecule has 1 N–H and O–H groups in total. The van der Waals surface area contributed by atoms with E-state index in [0.717, 1.165) is 11.3 Å². The van der Waals surface area contributed by atoms with Crippen LogP contribution in [0.25, 0.3) is 0 Å². The van der Waals surface area contributed by atoms with Crippen molar-refractivity contribution >= 4 is 11.8 Å². The van der Waals surface area contributed by atoms with Gasteiger partial charge in [-0.15, -0.1) is 13.2 Å². The average molecular weight is 316 g/mol. The van der Waals surface area contributed by atoms with E-state index in [1.165, 1.54) is 0 Å². The summed E-state index contributed by atoms with van der Waals surface area (Å²) in [5.41, 5.74) is 0.858. The van der Waals surface area contributed by atoms with Crippen molar-refractivity contribution in [1.29, 1.82) is 0 Å². The molecule has 0 bridgehead atoms. The number of hydrogen-bond donors (Lipinski definition) is 1. The van der Waals surface area contributed by atoms with Crippen molar-refractivity contribution in [3.8, 4) is 5.75 Å². The van der Waals surface area contributed by atoms with Crippen LogP contribution in [0.1, 0.15) is 12.5 Å². The highest BCUT2D eigenvalue weighted by Crippen LogP contribution is 2.11. The van der Waals surface area contributed by atoms with Crippen LogP contribution in [0.5, 0.6) is 5.75 Å². The van der Waals surface area contributed by atoms with Gasteiger partial charge in [-0.2, -0.15) is 0 Å². The van der Waals surface area contributed by atoms with Gasteiger partial charge < -0.3 is 15.0 Å². The largest absolute Gasteiger partial charge is 0.497 e. The molecule has 2 amide bonds. The number of benzene rings is 1. The summed E-state index contributed by atoms with van der Waals surface area (Å²) < 4.78 is 5.08. The molecule has 1 unspecified atom stereocenters. The lowest BCUT2D eigenvalue weighted by Crippen LogP contribution is -2.47. The highest BCUT2D eigenvalue weighted by Gasteiger charge is 2.20. The van der Waals surface area contributed by atoms with Crippen molar-refractivity contribution in [3.05, 3.63) is 55.1 Å². The standard InChI is InChI=1S/C18H24N2O3/c1-5-11-20(12-6-2)18(22)14(3)19-17(21)13-15-7-9-16(23-4)10-8-15/h5-10,14H,1-2,11-13H2,3-4H3,(H,19,21). The van der Waals surface area contributed by atoms with Crippen molar-refractivity contribution in [1.82, 2.24) is 10.2 Å². The molecule has 0 fully saturated rings. The quantitative estimate of drug-likeness (QED) is 0.708.